The number of nitrogens with zero attached hydrogens (tertiary/aromatic N) is 8. The molecular weight excluding hydrogens is 749 g/mol. The van der Waals surface area contributed by atoms with Crippen LogP contribution in [0.4, 0.5) is 0 Å². The lowest BCUT2D eigenvalue weighted by molar-refractivity contribution is 0.863. The van der Waals surface area contributed by atoms with Gasteiger partial charge in [-0.1, -0.05) is 159 Å². The van der Waals surface area contributed by atoms with Crippen LogP contribution >= 0.6 is 0 Å². The van der Waals surface area contributed by atoms with Gasteiger partial charge < -0.3 is 0 Å². The van der Waals surface area contributed by atoms with Crippen molar-refractivity contribution in [2.75, 3.05) is 0 Å². The zero-order chi connectivity index (χ0) is 41.5. The van der Waals surface area contributed by atoms with Crippen molar-refractivity contribution < 1.29 is 0 Å². The molecule has 0 amide bonds. The summed E-state index contributed by atoms with van der Waals surface area (Å²) in [7, 11) is 0. The first-order valence-corrected chi connectivity index (χ1v) is 20.3. The van der Waals surface area contributed by atoms with Gasteiger partial charge in [0.15, 0.2) is 29.1 Å². The maximum absolute atomic E-state index is 5.30. The third kappa shape index (κ3) is 8.47. The van der Waals surface area contributed by atoms with E-state index in [1.807, 2.05) is 127 Å². The third-order valence-corrected chi connectivity index (χ3v) is 10.4. The van der Waals surface area contributed by atoms with Crippen LogP contribution in [0.15, 0.2) is 203 Å². The van der Waals surface area contributed by atoms with Gasteiger partial charge in [0.2, 0.25) is 0 Å². The predicted molar refractivity (Wildman–Crippen MR) is 249 cm³/mol. The van der Waals surface area contributed by atoms with Gasteiger partial charge in [0.05, 0.1) is 17.6 Å². The smallest absolute Gasteiger partial charge is 0.164 e. The van der Waals surface area contributed by atoms with Crippen molar-refractivity contribution in [1.29, 1.82) is 0 Å². The Kier molecular flexibility index (Phi) is 11.0. The van der Waals surface area contributed by atoms with Gasteiger partial charge in [-0.2, -0.15) is 0 Å². The summed E-state index contributed by atoms with van der Waals surface area (Å²) in [6, 6.07) is 63.2. The molecule has 0 aliphatic rings. The van der Waals surface area contributed by atoms with E-state index in [-0.39, 0.29) is 0 Å². The molecule has 294 valence electrons. The van der Waals surface area contributed by atoms with Gasteiger partial charge >= 0.3 is 0 Å². The standard InChI is InChI=1S/C53H42N8/c1-36(2)42-27-18-28-45(34-42)61-47-30-17-16-29-46(47)56-53(61)44-32-37(35-55-49(39-21-10-5-11-22-39)57-48(54-3)38-19-8-4-9-20-38)31-43(33-44)52-59-50(40-23-12-6-13-24-40)58-51(60-52)41-25-14-7-15-26-41/h4-34,36H,3,35H2,1-2H3. The van der Waals surface area contributed by atoms with Crippen LogP contribution in [0.2, 0.25) is 0 Å². The maximum atomic E-state index is 5.30. The molecule has 9 aromatic rings. The fraction of sp³-hybridized carbons (Fsp3) is 0.0755. The molecule has 0 unspecified atom stereocenters. The largest absolute Gasteiger partial charge is 0.292 e. The summed E-state index contributed by atoms with van der Waals surface area (Å²) in [5.74, 6) is 3.87. The number of imidazole rings is 1. The van der Waals surface area contributed by atoms with Gasteiger partial charge in [-0.3, -0.25) is 9.56 Å². The Morgan fingerprint density at radius 1 is 0.525 bits per heavy atom. The van der Waals surface area contributed by atoms with Crippen LogP contribution in [0.25, 0.3) is 62.3 Å². The Labute approximate surface area is 355 Å². The zero-order valence-electron chi connectivity index (χ0n) is 34.0. The average molecular weight is 791 g/mol. The third-order valence-electron chi connectivity index (χ3n) is 10.4. The molecule has 0 fully saturated rings. The summed E-state index contributed by atoms with van der Waals surface area (Å²) >= 11 is 0. The quantitative estimate of drug-likeness (QED) is 0.102. The van der Waals surface area contributed by atoms with Crippen LogP contribution in [0, 0.1) is 0 Å². The highest BCUT2D eigenvalue weighted by Crippen LogP contribution is 2.34. The van der Waals surface area contributed by atoms with E-state index < -0.39 is 0 Å². The number of para-hydroxylation sites is 2. The number of amidine groups is 2. The number of hydrogen-bond donors (Lipinski definition) is 0. The van der Waals surface area contributed by atoms with Gasteiger partial charge in [0, 0.05) is 39.1 Å². The highest BCUT2D eigenvalue weighted by Gasteiger charge is 2.19. The minimum Gasteiger partial charge on any atom is -0.292 e. The second-order valence-electron chi connectivity index (χ2n) is 14.9. The van der Waals surface area contributed by atoms with E-state index in [1.165, 1.54) is 5.56 Å². The summed E-state index contributed by atoms with van der Waals surface area (Å²) in [6.07, 6.45) is 0. The molecule has 0 spiro atoms. The molecule has 2 aromatic heterocycles. The molecule has 0 saturated heterocycles. The van der Waals surface area contributed by atoms with Crippen molar-refractivity contribution in [2.24, 2.45) is 15.0 Å². The summed E-state index contributed by atoms with van der Waals surface area (Å²) in [4.78, 5) is 35.0. The molecule has 0 radical (unpaired) electrons. The highest BCUT2D eigenvalue weighted by molar-refractivity contribution is 6.12. The molecule has 0 saturated carbocycles. The van der Waals surface area contributed by atoms with Gasteiger partial charge in [0.1, 0.15) is 5.82 Å². The molecule has 2 heterocycles. The van der Waals surface area contributed by atoms with Gasteiger partial charge in [-0.05, 0) is 66.2 Å². The number of fused-ring (bicyclic) bond motifs is 1. The van der Waals surface area contributed by atoms with Crippen molar-refractivity contribution in [1.82, 2.24) is 24.5 Å². The molecule has 0 atom stereocenters. The Hall–Kier alpha value is -7.97. The van der Waals surface area contributed by atoms with E-state index in [0.717, 1.165) is 61.5 Å². The molecule has 0 aliphatic heterocycles. The van der Waals surface area contributed by atoms with Crippen LogP contribution in [-0.4, -0.2) is 42.9 Å². The van der Waals surface area contributed by atoms with E-state index >= 15 is 0 Å². The number of aliphatic imine (C=N–C) groups is 3. The summed E-state index contributed by atoms with van der Waals surface area (Å²) in [5.41, 5.74) is 10.3. The Morgan fingerprint density at radius 2 is 1.07 bits per heavy atom. The first-order chi connectivity index (χ1) is 30.0. The van der Waals surface area contributed by atoms with Gasteiger partial charge in [0.25, 0.3) is 0 Å². The summed E-state index contributed by atoms with van der Waals surface area (Å²) in [6.45, 7) is 8.57. The maximum Gasteiger partial charge on any atom is 0.164 e. The van der Waals surface area contributed by atoms with Crippen molar-refractivity contribution >= 4 is 29.4 Å². The van der Waals surface area contributed by atoms with Crippen LogP contribution in [0.3, 0.4) is 0 Å². The van der Waals surface area contributed by atoms with Crippen LogP contribution in [0.1, 0.15) is 42.0 Å². The minimum absolute atomic E-state index is 0.291. The molecule has 9 rings (SSSR count). The monoisotopic (exact) mass is 790 g/mol. The number of aromatic nitrogens is 5. The first-order valence-electron chi connectivity index (χ1n) is 20.3. The van der Waals surface area contributed by atoms with Crippen molar-refractivity contribution in [2.45, 2.75) is 26.3 Å². The van der Waals surface area contributed by atoms with E-state index in [9.17, 15) is 0 Å². The molecular formula is C53H42N8. The topological polar surface area (TPSA) is 93.6 Å². The number of hydrogen-bond acceptors (Lipinski definition) is 5. The molecule has 7 aromatic carbocycles. The molecule has 8 heteroatoms. The zero-order valence-corrected chi connectivity index (χ0v) is 34.0. The van der Waals surface area contributed by atoms with E-state index in [0.29, 0.717) is 41.6 Å². The first kappa shape index (κ1) is 38.5. The van der Waals surface area contributed by atoms with Crippen molar-refractivity contribution in [3.63, 3.8) is 0 Å². The molecule has 8 nitrogen and oxygen atoms in total. The Balaban J connectivity index is 1.27. The van der Waals surface area contributed by atoms with Crippen molar-refractivity contribution in [3.05, 3.63) is 210 Å². The fourth-order valence-electron chi connectivity index (χ4n) is 7.31. The summed E-state index contributed by atoms with van der Waals surface area (Å²) in [5, 5.41) is 0. The molecule has 0 bridgehead atoms. The average Bonchev–Trinajstić information content (AvgIpc) is 3.72. The number of benzene rings is 7. The van der Waals surface area contributed by atoms with E-state index in [1.54, 1.807) is 0 Å². The fourth-order valence-corrected chi connectivity index (χ4v) is 7.31. The van der Waals surface area contributed by atoms with Crippen LogP contribution < -0.4 is 0 Å². The lowest BCUT2D eigenvalue weighted by Crippen LogP contribution is -2.06. The molecule has 0 N–H and O–H groups in total. The van der Waals surface area contributed by atoms with E-state index in [4.69, 9.17) is 29.9 Å². The van der Waals surface area contributed by atoms with Crippen LogP contribution in [-0.2, 0) is 6.54 Å². The second kappa shape index (κ2) is 17.5. The second-order valence-corrected chi connectivity index (χ2v) is 14.9. The lowest BCUT2D eigenvalue weighted by atomic mass is 10.0. The minimum atomic E-state index is 0.291. The van der Waals surface area contributed by atoms with E-state index in [2.05, 4.69) is 90.8 Å². The molecule has 61 heavy (non-hydrogen) atoms. The SMILES string of the molecule is C=NC(=NC(=NCc1cc(-c2nc(-c3ccccc3)nc(-c3ccccc3)n2)cc(-c2nc3ccccc3n2-c2cccc(C(C)C)c2)c1)c1ccccc1)c1ccccc1. The Morgan fingerprint density at radius 3 is 1.67 bits per heavy atom. The normalized spacial score (nSPS) is 11.9. The van der Waals surface area contributed by atoms with Crippen LogP contribution in [0.5, 0.6) is 0 Å². The molecule has 0 aliphatic carbocycles. The van der Waals surface area contributed by atoms with Crippen molar-refractivity contribution in [3.8, 4) is 51.2 Å². The highest BCUT2D eigenvalue weighted by atomic mass is 15.1. The summed E-state index contributed by atoms with van der Waals surface area (Å²) < 4.78 is 2.24. The lowest BCUT2D eigenvalue weighted by Gasteiger charge is -2.15. The number of rotatable bonds is 10. The van der Waals surface area contributed by atoms with Gasteiger partial charge in [-0.25, -0.2) is 29.9 Å². The predicted octanol–water partition coefficient (Wildman–Crippen LogP) is 12.1. The van der Waals surface area contributed by atoms with Gasteiger partial charge in [-0.15, -0.1) is 0 Å². The Bertz CT molecular complexity index is 2970.